The summed E-state index contributed by atoms with van der Waals surface area (Å²) in [6, 6.07) is 13.6. The molecule has 0 amide bonds. The van der Waals surface area contributed by atoms with Gasteiger partial charge in [0.05, 0.1) is 4.92 Å². The van der Waals surface area contributed by atoms with Gasteiger partial charge < -0.3 is 4.90 Å². The molecular weight excluding hydrogens is 356 g/mol. The Morgan fingerprint density at radius 2 is 1.93 bits per heavy atom. The fourth-order valence-electron chi connectivity index (χ4n) is 4.24. The summed E-state index contributed by atoms with van der Waals surface area (Å²) in [4.78, 5) is 30.2. The quantitative estimate of drug-likeness (QED) is 0.511. The molecule has 1 aromatic carbocycles. The Labute approximate surface area is 162 Å². The largest absolute Gasteiger partial charge is 0.376 e. The molecule has 2 heterocycles. The minimum absolute atomic E-state index is 0.0551. The number of fused-ring (bicyclic) bond motifs is 1. The molecule has 0 N–H and O–H groups in total. The zero-order chi connectivity index (χ0) is 19.8. The van der Waals surface area contributed by atoms with E-state index in [1.807, 2.05) is 11.9 Å². The van der Waals surface area contributed by atoms with Crippen molar-refractivity contribution in [3.63, 3.8) is 0 Å². The minimum atomic E-state index is -0.651. The van der Waals surface area contributed by atoms with Gasteiger partial charge in [0.15, 0.2) is 0 Å². The molecule has 7 nitrogen and oxygen atoms in total. The van der Waals surface area contributed by atoms with Gasteiger partial charge in [-0.3, -0.25) is 19.3 Å². The molecule has 28 heavy (non-hydrogen) atoms. The third-order valence-electron chi connectivity index (χ3n) is 5.69. The van der Waals surface area contributed by atoms with Crippen molar-refractivity contribution >= 4 is 17.2 Å². The summed E-state index contributed by atoms with van der Waals surface area (Å²) in [6.45, 7) is 2.05. The van der Waals surface area contributed by atoms with Crippen LogP contribution in [-0.4, -0.2) is 27.4 Å². The first-order valence-electron chi connectivity index (χ1n) is 9.42. The molecule has 1 saturated carbocycles. The van der Waals surface area contributed by atoms with E-state index in [4.69, 9.17) is 0 Å². The summed E-state index contributed by atoms with van der Waals surface area (Å²) >= 11 is 0. The Morgan fingerprint density at radius 3 is 2.64 bits per heavy atom. The van der Waals surface area contributed by atoms with E-state index >= 15 is 0 Å². The first-order chi connectivity index (χ1) is 13.5. The van der Waals surface area contributed by atoms with E-state index in [1.165, 1.54) is 21.7 Å². The van der Waals surface area contributed by atoms with Crippen LogP contribution in [-0.2, 0) is 0 Å². The summed E-state index contributed by atoms with van der Waals surface area (Å²) in [5.74, 6) is 0.395. The second-order valence-corrected chi connectivity index (χ2v) is 7.40. The normalized spacial score (nSPS) is 19.1. The van der Waals surface area contributed by atoms with Crippen LogP contribution in [0.5, 0.6) is 0 Å². The van der Waals surface area contributed by atoms with E-state index in [2.05, 4.69) is 36.2 Å². The molecule has 4 rings (SSSR count). The standard InChI is InChI=1S/C21H22N4O3/c1-14-9-11-15(12-10-14)16-6-5-7-17(16)23(2)20-19(25(27)28)21(26)24-13-4-3-8-18(24)22-20/h3-4,8-13,16-17H,5-7H2,1-2H3/t16-,17+/m0/s1. The van der Waals surface area contributed by atoms with E-state index in [9.17, 15) is 14.9 Å². The lowest BCUT2D eigenvalue weighted by Crippen LogP contribution is -2.36. The van der Waals surface area contributed by atoms with Crippen LogP contribution >= 0.6 is 0 Å². The van der Waals surface area contributed by atoms with E-state index in [0.29, 0.717) is 5.65 Å². The van der Waals surface area contributed by atoms with Gasteiger partial charge in [-0.15, -0.1) is 0 Å². The van der Waals surface area contributed by atoms with Crippen LogP contribution in [0, 0.1) is 17.0 Å². The number of rotatable bonds is 4. The lowest BCUT2D eigenvalue weighted by atomic mass is 9.92. The molecule has 0 radical (unpaired) electrons. The number of anilines is 1. The maximum Gasteiger partial charge on any atom is 0.376 e. The van der Waals surface area contributed by atoms with Crippen LogP contribution in [0.25, 0.3) is 5.65 Å². The number of benzene rings is 1. The highest BCUT2D eigenvalue weighted by Crippen LogP contribution is 2.40. The maximum atomic E-state index is 12.8. The molecular formula is C21H22N4O3. The zero-order valence-electron chi connectivity index (χ0n) is 15.9. The van der Waals surface area contributed by atoms with Gasteiger partial charge >= 0.3 is 11.2 Å². The average Bonchev–Trinajstić information content (AvgIpc) is 3.17. The van der Waals surface area contributed by atoms with Crippen molar-refractivity contribution in [2.75, 3.05) is 11.9 Å². The Bertz CT molecular complexity index is 1090. The van der Waals surface area contributed by atoms with Gasteiger partial charge in [-0.2, -0.15) is 0 Å². The number of hydrogen-bond acceptors (Lipinski definition) is 5. The molecule has 144 valence electrons. The topological polar surface area (TPSA) is 80.8 Å². The zero-order valence-corrected chi connectivity index (χ0v) is 15.9. The first kappa shape index (κ1) is 18.2. The van der Waals surface area contributed by atoms with Crippen LogP contribution in [0.2, 0.25) is 0 Å². The van der Waals surface area contributed by atoms with E-state index in [1.54, 1.807) is 18.2 Å². The second-order valence-electron chi connectivity index (χ2n) is 7.40. The lowest BCUT2D eigenvalue weighted by Gasteiger charge is -2.30. The van der Waals surface area contributed by atoms with Crippen molar-refractivity contribution in [2.24, 2.45) is 0 Å². The number of aryl methyl sites for hydroxylation is 1. The molecule has 2 atom stereocenters. The molecule has 0 spiro atoms. The van der Waals surface area contributed by atoms with E-state index in [0.717, 1.165) is 19.3 Å². The van der Waals surface area contributed by atoms with Crippen molar-refractivity contribution in [3.05, 3.63) is 80.3 Å². The highest BCUT2D eigenvalue weighted by atomic mass is 16.6. The minimum Gasteiger partial charge on any atom is -0.350 e. The molecule has 0 aliphatic heterocycles. The number of nitro groups is 1. The third kappa shape index (κ3) is 3.02. The number of nitrogens with zero attached hydrogens (tertiary/aromatic N) is 4. The molecule has 1 aliphatic carbocycles. The second kappa shape index (κ2) is 7.07. The van der Waals surface area contributed by atoms with Gasteiger partial charge in [0, 0.05) is 25.2 Å². The number of hydrogen-bond donors (Lipinski definition) is 0. The van der Waals surface area contributed by atoms with Gasteiger partial charge in [0.25, 0.3) is 0 Å². The number of pyridine rings is 1. The number of aromatic nitrogens is 2. The Balaban J connectivity index is 1.80. The maximum absolute atomic E-state index is 12.8. The van der Waals surface area contributed by atoms with Gasteiger partial charge in [-0.1, -0.05) is 42.3 Å². The van der Waals surface area contributed by atoms with E-state index < -0.39 is 16.2 Å². The molecule has 0 unspecified atom stereocenters. The Morgan fingerprint density at radius 1 is 1.18 bits per heavy atom. The van der Waals surface area contributed by atoms with Gasteiger partial charge in [-0.25, -0.2) is 4.98 Å². The third-order valence-corrected chi connectivity index (χ3v) is 5.69. The fourth-order valence-corrected chi connectivity index (χ4v) is 4.24. The van der Waals surface area contributed by atoms with Crippen LogP contribution in [0.1, 0.15) is 36.3 Å². The SMILES string of the molecule is Cc1ccc([C@@H]2CCC[C@H]2N(C)c2nc3ccccn3c(=O)c2[N+](=O)[O-])cc1. The van der Waals surface area contributed by atoms with Crippen LogP contribution in [0.4, 0.5) is 11.5 Å². The monoisotopic (exact) mass is 378 g/mol. The van der Waals surface area contributed by atoms with Gasteiger partial charge in [-0.05, 0) is 37.5 Å². The summed E-state index contributed by atoms with van der Waals surface area (Å²) in [7, 11) is 1.81. The van der Waals surface area contributed by atoms with Gasteiger partial charge in [0.2, 0.25) is 5.82 Å². The van der Waals surface area contributed by atoms with Crippen molar-refractivity contribution in [1.82, 2.24) is 9.38 Å². The molecule has 0 bridgehead atoms. The molecule has 3 aromatic rings. The van der Waals surface area contributed by atoms with Gasteiger partial charge in [0.1, 0.15) is 5.65 Å². The van der Waals surface area contributed by atoms with Crippen LogP contribution < -0.4 is 10.5 Å². The predicted octanol–water partition coefficient (Wildman–Crippen LogP) is 3.68. The van der Waals surface area contributed by atoms with Crippen LogP contribution in [0.3, 0.4) is 0 Å². The number of likely N-dealkylation sites (N-methyl/N-ethyl adjacent to an activating group) is 1. The Hall–Kier alpha value is -3.22. The average molecular weight is 378 g/mol. The fraction of sp³-hybridized carbons (Fsp3) is 0.333. The lowest BCUT2D eigenvalue weighted by molar-refractivity contribution is -0.385. The molecule has 7 heteroatoms. The predicted molar refractivity (Wildman–Crippen MR) is 108 cm³/mol. The molecule has 1 aliphatic rings. The van der Waals surface area contributed by atoms with Crippen molar-refractivity contribution < 1.29 is 4.92 Å². The van der Waals surface area contributed by atoms with Crippen LogP contribution in [0.15, 0.2) is 53.5 Å². The Kier molecular flexibility index (Phi) is 4.58. The molecule has 0 saturated heterocycles. The smallest absolute Gasteiger partial charge is 0.350 e. The summed E-state index contributed by atoms with van der Waals surface area (Å²) in [6.07, 6.45) is 4.46. The van der Waals surface area contributed by atoms with Crippen molar-refractivity contribution in [2.45, 2.75) is 38.1 Å². The first-order valence-corrected chi connectivity index (χ1v) is 9.42. The summed E-state index contributed by atoms with van der Waals surface area (Å²) in [5.41, 5.74) is 1.71. The molecule has 1 fully saturated rings. The highest BCUT2D eigenvalue weighted by Gasteiger charge is 2.36. The van der Waals surface area contributed by atoms with Crippen molar-refractivity contribution in [1.29, 1.82) is 0 Å². The highest BCUT2D eigenvalue weighted by molar-refractivity contribution is 5.62. The van der Waals surface area contributed by atoms with Crippen molar-refractivity contribution in [3.8, 4) is 0 Å². The summed E-state index contributed by atoms with van der Waals surface area (Å²) < 4.78 is 1.22. The molecule has 2 aromatic heterocycles. The summed E-state index contributed by atoms with van der Waals surface area (Å²) in [5, 5.41) is 11.7. The van der Waals surface area contributed by atoms with E-state index in [-0.39, 0.29) is 17.8 Å².